The van der Waals surface area contributed by atoms with Crippen molar-refractivity contribution in [2.75, 3.05) is 6.54 Å². The van der Waals surface area contributed by atoms with Gasteiger partial charge in [0, 0.05) is 6.54 Å². The summed E-state index contributed by atoms with van der Waals surface area (Å²) in [6, 6.07) is -2.14. The molecule has 0 aromatic rings. The molecule has 2 aliphatic heterocycles. The Morgan fingerprint density at radius 2 is 2.06 bits per heavy atom. The van der Waals surface area contributed by atoms with Crippen molar-refractivity contribution in [3.05, 3.63) is 0 Å². The van der Waals surface area contributed by atoms with Crippen molar-refractivity contribution in [2.45, 2.75) is 24.9 Å². The zero-order chi connectivity index (χ0) is 12.8. The number of hydrogen-bond donors (Lipinski definition) is 1. The van der Waals surface area contributed by atoms with Crippen molar-refractivity contribution in [1.29, 1.82) is 0 Å². The van der Waals surface area contributed by atoms with E-state index in [1.165, 1.54) is 0 Å². The number of carbonyl (C=O) groups excluding carboxylic acids is 2. The maximum Gasteiger partial charge on any atom is 1.00 e. The SMILES string of the molecule is N[13C](=O)[13CH]1[13CH2][13CH2][13C@@H]2CN1C(=O)N2OS(=O)(=O)[O-].[Na+]. The van der Waals surface area contributed by atoms with Gasteiger partial charge in [0.15, 0.2) is 0 Å². The molecule has 2 aliphatic rings. The summed E-state index contributed by atoms with van der Waals surface area (Å²) in [6.07, 6.45) is 0.676. The number of fused-ring (bicyclic) bond motifs is 2. The Kier molecular flexibility index (Phi) is 4.62. The summed E-state index contributed by atoms with van der Waals surface area (Å²) in [5, 5.41) is 0.505. The van der Waals surface area contributed by atoms with E-state index in [1.807, 2.05) is 0 Å². The van der Waals surface area contributed by atoms with E-state index in [4.69, 9.17) is 5.73 Å². The number of hydrogen-bond acceptors (Lipinski definition) is 6. The zero-order valence-corrected chi connectivity index (χ0v) is 12.4. The summed E-state index contributed by atoms with van der Waals surface area (Å²) in [6.45, 7) is 0.127. The molecule has 2 atom stereocenters. The van der Waals surface area contributed by atoms with E-state index in [2.05, 4.69) is 4.28 Å². The van der Waals surface area contributed by atoms with E-state index >= 15 is 0 Å². The van der Waals surface area contributed by atoms with E-state index in [0.29, 0.717) is 17.9 Å². The van der Waals surface area contributed by atoms with Crippen LogP contribution in [0.15, 0.2) is 0 Å². The van der Waals surface area contributed by atoms with Crippen molar-refractivity contribution < 1.29 is 56.4 Å². The maximum absolute atomic E-state index is 11.7. The van der Waals surface area contributed by atoms with Gasteiger partial charge in [0.25, 0.3) is 0 Å². The van der Waals surface area contributed by atoms with Crippen LogP contribution in [-0.4, -0.2) is 53.5 Å². The van der Waals surface area contributed by atoms with Crippen LogP contribution in [-0.2, 0) is 19.5 Å². The Labute approximate surface area is 125 Å². The van der Waals surface area contributed by atoms with Crippen molar-refractivity contribution in [1.82, 2.24) is 9.96 Å². The van der Waals surface area contributed by atoms with Crippen LogP contribution < -0.4 is 35.3 Å². The molecule has 0 saturated carbocycles. The van der Waals surface area contributed by atoms with Crippen LogP contribution in [0.2, 0.25) is 0 Å². The molecule has 0 aromatic carbocycles. The van der Waals surface area contributed by atoms with E-state index in [9.17, 15) is 22.6 Å². The predicted molar refractivity (Wildman–Crippen MR) is 50.7 cm³/mol. The van der Waals surface area contributed by atoms with E-state index in [-0.39, 0.29) is 36.1 Å². The van der Waals surface area contributed by atoms with Gasteiger partial charge >= 0.3 is 35.6 Å². The van der Waals surface area contributed by atoms with Gasteiger partial charge in [-0.1, -0.05) is 0 Å². The summed E-state index contributed by atoms with van der Waals surface area (Å²) in [5.41, 5.74) is 5.11. The van der Waals surface area contributed by atoms with E-state index in [0.717, 1.165) is 4.90 Å². The molecule has 11 heteroatoms. The molecule has 9 nitrogen and oxygen atoms in total. The molecule has 2 fully saturated rings. The Morgan fingerprint density at radius 3 is 2.56 bits per heavy atom. The molecule has 2 rings (SSSR count). The molecule has 2 heterocycles. The molecule has 0 aromatic heterocycles. The summed E-state index contributed by atoms with van der Waals surface area (Å²) in [4.78, 5) is 23.9. The van der Waals surface area contributed by atoms with Gasteiger partial charge in [-0.15, -0.1) is 0 Å². The Balaban J connectivity index is 0.00000162. The van der Waals surface area contributed by atoms with Gasteiger partial charge in [-0.25, -0.2) is 13.2 Å². The largest absolute Gasteiger partial charge is 1.00 e. The minimum absolute atomic E-state index is 0. The molecular weight excluding hydrogens is 282 g/mol. The van der Waals surface area contributed by atoms with Crippen LogP contribution in [0.1, 0.15) is 12.8 Å². The molecule has 18 heavy (non-hydrogen) atoms. The minimum Gasteiger partial charge on any atom is -0.724 e. The molecule has 0 aliphatic carbocycles. The average Bonchev–Trinajstić information content (AvgIpc) is 2.42. The van der Waals surface area contributed by atoms with Crippen molar-refractivity contribution in [3.63, 3.8) is 0 Å². The molecule has 2 N–H and O–H groups in total. The van der Waals surface area contributed by atoms with Crippen molar-refractivity contribution in [2.24, 2.45) is 5.73 Å². The number of nitrogens with zero attached hydrogens (tertiary/aromatic N) is 2. The maximum atomic E-state index is 11.7. The first kappa shape index (κ1) is 15.7. The van der Waals surface area contributed by atoms with Crippen LogP contribution in [0.3, 0.4) is 0 Å². The fourth-order valence-corrected chi connectivity index (χ4v) is 2.51. The number of carbonyl (C=O) groups is 2. The second kappa shape index (κ2) is 5.31. The molecule has 1 unspecified atom stereocenters. The molecule has 2 saturated heterocycles. The molecule has 2 bridgehead atoms. The number of nitrogens with two attached hydrogens (primary N) is 1. The third-order valence-electron chi connectivity index (χ3n) is 2.82. The van der Waals surface area contributed by atoms with Crippen LogP contribution in [0.5, 0.6) is 0 Å². The fourth-order valence-electron chi connectivity index (χ4n) is 2.12. The van der Waals surface area contributed by atoms with Crippen LogP contribution in [0.4, 0.5) is 4.79 Å². The van der Waals surface area contributed by atoms with Crippen LogP contribution in [0, 0.1) is 0 Å². The van der Waals surface area contributed by atoms with Gasteiger partial charge in [0.05, 0.1) is 6.04 Å². The van der Waals surface area contributed by atoms with Crippen LogP contribution >= 0.6 is 0 Å². The van der Waals surface area contributed by atoms with E-state index < -0.39 is 34.4 Å². The number of amides is 3. The monoisotopic (exact) mass is 292 g/mol. The second-order valence-corrected chi connectivity index (χ2v) is 4.86. The van der Waals surface area contributed by atoms with Crippen molar-refractivity contribution >= 4 is 22.3 Å². The van der Waals surface area contributed by atoms with Gasteiger partial charge in [0.1, 0.15) is 6.04 Å². The number of urea groups is 1. The van der Waals surface area contributed by atoms with E-state index in [1.54, 1.807) is 0 Å². The number of hydroxylamine groups is 2. The number of piperidine rings is 1. The predicted octanol–water partition coefficient (Wildman–Crippen LogP) is -4.86. The molecular formula is C7H10N3NaO6S. The summed E-state index contributed by atoms with van der Waals surface area (Å²) in [7, 11) is -5.00. The van der Waals surface area contributed by atoms with Gasteiger partial charge in [-0.05, 0) is 12.8 Å². The normalized spacial score (nSPS) is 27.1. The third kappa shape index (κ3) is 2.95. The standard InChI is InChI=1S/C7H11N3O6S.Na/c8-6(11)5-2-1-4-3-9(5)7(12)10(4)16-17(13,14)15;/h4-5H,1-3H2,(H2,8,11)(H,13,14,15);/q;+1/p-1/t4-,5?;/m1./s1/i1+1,2+1,4+1,5+1,6+1;. The molecule has 0 radical (unpaired) electrons. The smallest absolute Gasteiger partial charge is 0.724 e. The summed E-state index contributed by atoms with van der Waals surface area (Å²) in [5.74, 6) is -0.663. The summed E-state index contributed by atoms with van der Waals surface area (Å²) < 4.78 is 35.4. The minimum atomic E-state index is -5.00. The Hall–Kier alpha value is -0.390. The average molecular weight is 292 g/mol. The molecule has 3 amide bonds. The number of primary amides is 1. The van der Waals surface area contributed by atoms with Gasteiger partial charge in [0.2, 0.25) is 16.3 Å². The number of rotatable bonds is 3. The third-order valence-corrected chi connectivity index (χ3v) is 3.17. The quantitative estimate of drug-likeness (QED) is 0.240. The Bertz CT molecular complexity index is 468. The molecule has 96 valence electrons. The Morgan fingerprint density at radius 1 is 1.44 bits per heavy atom. The van der Waals surface area contributed by atoms with Gasteiger partial charge < -0.3 is 15.2 Å². The topological polar surface area (TPSA) is 133 Å². The fraction of sp³-hybridized carbons (Fsp3) is 0.714. The van der Waals surface area contributed by atoms with Crippen LogP contribution in [0.25, 0.3) is 0 Å². The molecule has 0 spiro atoms. The summed E-state index contributed by atoms with van der Waals surface area (Å²) >= 11 is 0. The second-order valence-electron chi connectivity index (χ2n) is 3.89. The zero-order valence-electron chi connectivity index (χ0n) is 9.61. The van der Waals surface area contributed by atoms with Gasteiger partial charge in [-0.2, -0.15) is 9.35 Å². The van der Waals surface area contributed by atoms with Gasteiger partial charge in [-0.3, -0.25) is 4.79 Å². The van der Waals surface area contributed by atoms with Crippen molar-refractivity contribution in [3.8, 4) is 0 Å². The first-order chi connectivity index (χ1) is 7.79. The first-order valence-corrected chi connectivity index (χ1v) is 6.17. The first-order valence-electron chi connectivity index (χ1n) is 4.84.